The van der Waals surface area contributed by atoms with Crippen molar-refractivity contribution in [3.05, 3.63) is 47.5 Å². The van der Waals surface area contributed by atoms with Crippen LogP contribution in [0.4, 0.5) is 8.78 Å². The van der Waals surface area contributed by atoms with Gasteiger partial charge in [-0.05, 0) is 18.4 Å². The van der Waals surface area contributed by atoms with Crippen LogP contribution < -0.4 is 0 Å². The minimum absolute atomic E-state index is 0.173. The Morgan fingerprint density at radius 2 is 1.72 bits per heavy atom. The summed E-state index contributed by atoms with van der Waals surface area (Å²) >= 11 is 0. The van der Waals surface area contributed by atoms with Gasteiger partial charge in [-0.1, -0.05) is 43.2 Å². The highest BCUT2D eigenvalue weighted by Crippen LogP contribution is 2.51. The van der Waals surface area contributed by atoms with E-state index in [-0.39, 0.29) is 12.1 Å². The highest BCUT2D eigenvalue weighted by atomic mass is 19.3. The molecule has 1 aromatic rings. The van der Waals surface area contributed by atoms with E-state index in [2.05, 4.69) is 4.99 Å². The summed E-state index contributed by atoms with van der Waals surface area (Å²) in [5.74, 6) is 0. The van der Waals surface area contributed by atoms with Gasteiger partial charge in [0.15, 0.2) is 0 Å². The van der Waals surface area contributed by atoms with Gasteiger partial charge in [-0.15, -0.1) is 0 Å². The van der Waals surface area contributed by atoms with Crippen LogP contribution in [0.15, 0.2) is 47.0 Å². The zero-order valence-electron chi connectivity index (χ0n) is 10.1. The Morgan fingerprint density at radius 1 is 1.06 bits per heavy atom. The van der Waals surface area contributed by atoms with Gasteiger partial charge in [0.05, 0.1) is 12.3 Å². The van der Waals surface area contributed by atoms with Crippen LogP contribution >= 0.6 is 0 Å². The van der Waals surface area contributed by atoms with Crippen LogP contribution in [0.25, 0.3) is 0 Å². The molecule has 0 atom stereocenters. The van der Waals surface area contributed by atoms with Crippen LogP contribution in [-0.2, 0) is 0 Å². The summed E-state index contributed by atoms with van der Waals surface area (Å²) in [6, 6.07) is 9.75. The maximum Gasteiger partial charge on any atom is 0.272 e. The van der Waals surface area contributed by atoms with Crippen molar-refractivity contribution in [3.63, 3.8) is 0 Å². The normalized spacial score (nSPS) is 21.4. The molecule has 0 aromatic heterocycles. The topological polar surface area (TPSA) is 12.4 Å². The number of rotatable bonds is 1. The van der Waals surface area contributed by atoms with Crippen molar-refractivity contribution >= 4 is 5.71 Å². The third-order valence-electron chi connectivity index (χ3n) is 4.16. The number of hydrogen-bond acceptors (Lipinski definition) is 1. The molecule has 1 fully saturated rings. The van der Waals surface area contributed by atoms with E-state index in [1.807, 2.05) is 30.3 Å². The maximum absolute atomic E-state index is 13.1. The summed E-state index contributed by atoms with van der Waals surface area (Å²) in [6.07, 6.45) is 2.14. The molecule has 2 aliphatic rings. The van der Waals surface area contributed by atoms with E-state index in [4.69, 9.17) is 0 Å². The fraction of sp³-hybridized carbons (Fsp3) is 0.400. The summed E-state index contributed by atoms with van der Waals surface area (Å²) in [5.41, 5.74) is 1.66. The molecule has 1 spiro atoms. The van der Waals surface area contributed by atoms with Crippen LogP contribution in [0.5, 0.6) is 0 Å². The molecule has 1 aromatic carbocycles. The SMILES string of the molecule is FC(F)=C1CN=C(c2ccccc2)C12CCCC2. The number of aliphatic imine (C=N–C) groups is 1. The number of hydrogen-bond donors (Lipinski definition) is 0. The average molecular weight is 247 g/mol. The molecular formula is C15H15F2N. The molecule has 0 unspecified atom stereocenters. The molecule has 0 N–H and O–H groups in total. The van der Waals surface area contributed by atoms with Gasteiger partial charge in [-0.25, -0.2) is 0 Å². The van der Waals surface area contributed by atoms with E-state index < -0.39 is 11.5 Å². The van der Waals surface area contributed by atoms with Gasteiger partial charge in [-0.2, -0.15) is 8.78 Å². The van der Waals surface area contributed by atoms with E-state index >= 15 is 0 Å². The molecule has 0 radical (unpaired) electrons. The van der Waals surface area contributed by atoms with E-state index in [0.717, 1.165) is 37.0 Å². The molecule has 0 saturated heterocycles. The molecule has 1 saturated carbocycles. The zero-order valence-corrected chi connectivity index (χ0v) is 10.1. The monoisotopic (exact) mass is 247 g/mol. The molecule has 1 nitrogen and oxygen atoms in total. The van der Waals surface area contributed by atoms with Crippen molar-refractivity contribution in [3.8, 4) is 0 Å². The number of benzene rings is 1. The average Bonchev–Trinajstić information content (AvgIpc) is 2.99. The third kappa shape index (κ3) is 1.61. The molecule has 18 heavy (non-hydrogen) atoms. The molecule has 0 bridgehead atoms. The lowest BCUT2D eigenvalue weighted by Gasteiger charge is -2.27. The second-order valence-electron chi connectivity index (χ2n) is 5.06. The van der Waals surface area contributed by atoms with Gasteiger partial charge in [-0.3, -0.25) is 4.99 Å². The van der Waals surface area contributed by atoms with Gasteiger partial charge in [0.25, 0.3) is 6.08 Å². The van der Waals surface area contributed by atoms with Crippen molar-refractivity contribution in [1.82, 2.24) is 0 Å². The Morgan fingerprint density at radius 3 is 2.33 bits per heavy atom. The molecule has 3 heteroatoms. The lowest BCUT2D eigenvalue weighted by molar-refractivity contribution is 0.380. The molecule has 0 amide bonds. The van der Waals surface area contributed by atoms with Gasteiger partial charge < -0.3 is 0 Å². The van der Waals surface area contributed by atoms with Crippen LogP contribution in [-0.4, -0.2) is 12.3 Å². The molecule has 1 heterocycles. The Labute approximate surface area is 105 Å². The van der Waals surface area contributed by atoms with E-state index in [1.54, 1.807) is 0 Å². The summed E-state index contributed by atoms with van der Waals surface area (Å²) in [7, 11) is 0. The van der Waals surface area contributed by atoms with Crippen LogP contribution in [0.3, 0.4) is 0 Å². The van der Waals surface area contributed by atoms with Crippen LogP contribution in [0, 0.1) is 5.41 Å². The first-order valence-electron chi connectivity index (χ1n) is 6.39. The molecule has 3 rings (SSSR count). The second-order valence-corrected chi connectivity index (χ2v) is 5.06. The quantitative estimate of drug-likeness (QED) is 0.705. The summed E-state index contributed by atoms with van der Waals surface area (Å²) in [4.78, 5) is 4.42. The predicted molar refractivity (Wildman–Crippen MR) is 68.0 cm³/mol. The summed E-state index contributed by atoms with van der Waals surface area (Å²) in [6.45, 7) is 0.173. The lowest BCUT2D eigenvalue weighted by Crippen LogP contribution is -2.27. The standard InChI is InChI=1S/C15H15F2N/c16-14(17)12-10-18-13(11-6-2-1-3-7-11)15(12)8-4-5-9-15/h1-3,6-7H,4-5,8-10H2. The number of halogens is 2. The second kappa shape index (κ2) is 4.30. The van der Waals surface area contributed by atoms with E-state index in [9.17, 15) is 8.78 Å². The third-order valence-corrected chi connectivity index (χ3v) is 4.16. The van der Waals surface area contributed by atoms with Gasteiger partial charge >= 0.3 is 0 Å². The summed E-state index contributed by atoms with van der Waals surface area (Å²) in [5, 5.41) is 0. The Hall–Kier alpha value is -1.51. The molecular weight excluding hydrogens is 232 g/mol. The van der Waals surface area contributed by atoms with Gasteiger partial charge in [0, 0.05) is 11.0 Å². The van der Waals surface area contributed by atoms with Crippen molar-refractivity contribution in [2.45, 2.75) is 25.7 Å². The maximum atomic E-state index is 13.1. The van der Waals surface area contributed by atoms with E-state index in [1.165, 1.54) is 0 Å². The zero-order chi connectivity index (χ0) is 12.6. The van der Waals surface area contributed by atoms with Crippen molar-refractivity contribution in [1.29, 1.82) is 0 Å². The van der Waals surface area contributed by atoms with Crippen molar-refractivity contribution < 1.29 is 8.78 Å². The molecule has 94 valence electrons. The molecule has 1 aliphatic heterocycles. The van der Waals surface area contributed by atoms with Crippen LogP contribution in [0.2, 0.25) is 0 Å². The highest BCUT2D eigenvalue weighted by Gasteiger charge is 2.47. The van der Waals surface area contributed by atoms with Gasteiger partial charge in [0.2, 0.25) is 0 Å². The lowest BCUT2D eigenvalue weighted by atomic mass is 9.74. The first-order chi connectivity index (χ1) is 8.74. The first kappa shape index (κ1) is 11.6. The number of nitrogens with zero attached hydrogens (tertiary/aromatic N) is 1. The Bertz CT molecular complexity index is 507. The van der Waals surface area contributed by atoms with Gasteiger partial charge in [0.1, 0.15) is 0 Å². The van der Waals surface area contributed by atoms with Crippen LogP contribution in [0.1, 0.15) is 31.2 Å². The first-order valence-corrected chi connectivity index (χ1v) is 6.39. The molecule has 1 aliphatic carbocycles. The fourth-order valence-corrected chi connectivity index (χ4v) is 3.33. The Kier molecular flexibility index (Phi) is 2.77. The minimum Gasteiger partial charge on any atom is -0.284 e. The van der Waals surface area contributed by atoms with E-state index in [0.29, 0.717) is 0 Å². The van der Waals surface area contributed by atoms with Crippen molar-refractivity contribution in [2.24, 2.45) is 10.4 Å². The summed E-state index contributed by atoms with van der Waals surface area (Å²) < 4.78 is 26.3. The largest absolute Gasteiger partial charge is 0.284 e. The highest BCUT2D eigenvalue weighted by molar-refractivity contribution is 6.08. The predicted octanol–water partition coefficient (Wildman–Crippen LogP) is 4.20. The smallest absolute Gasteiger partial charge is 0.272 e. The van der Waals surface area contributed by atoms with Crippen molar-refractivity contribution in [2.75, 3.05) is 6.54 Å². The fourth-order valence-electron chi connectivity index (χ4n) is 3.33. The Balaban J connectivity index is 2.09. The minimum atomic E-state index is -1.52.